The summed E-state index contributed by atoms with van der Waals surface area (Å²) in [6, 6.07) is 2.67. The van der Waals surface area contributed by atoms with Crippen molar-refractivity contribution in [3.63, 3.8) is 0 Å². The summed E-state index contributed by atoms with van der Waals surface area (Å²) >= 11 is 0. The number of hydrogen-bond acceptors (Lipinski definition) is 3. The van der Waals surface area contributed by atoms with Gasteiger partial charge in [0, 0.05) is 17.4 Å². The third kappa shape index (κ3) is 2.17. The molecule has 0 radical (unpaired) electrons. The Morgan fingerprint density at radius 1 is 1.46 bits per heavy atom. The summed E-state index contributed by atoms with van der Waals surface area (Å²) < 4.78 is 0. The van der Waals surface area contributed by atoms with Crippen LogP contribution in [0, 0.1) is 6.92 Å². The van der Waals surface area contributed by atoms with Crippen LogP contribution in [0.4, 0.5) is 5.95 Å². The number of nitrogens with one attached hydrogen (secondary N) is 1. The highest BCUT2D eigenvalue weighted by atomic mass is 15.1. The standard InChI is InChI=1S/C10H15N3/c1-3-8-6-7(2)11-10(12-8)13-9-4-5-9/h6,9H,3-5H2,1-2H3,(H,11,12,13). The fourth-order valence-electron chi connectivity index (χ4n) is 1.29. The first kappa shape index (κ1) is 8.48. The molecule has 70 valence electrons. The molecule has 0 aromatic carbocycles. The SMILES string of the molecule is CCc1cc(C)nc(NC2CC2)n1. The Morgan fingerprint density at radius 3 is 2.85 bits per heavy atom. The maximum Gasteiger partial charge on any atom is 0.223 e. The van der Waals surface area contributed by atoms with Crippen LogP contribution in [0.3, 0.4) is 0 Å². The van der Waals surface area contributed by atoms with Crippen molar-refractivity contribution >= 4 is 5.95 Å². The van der Waals surface area contributed by atoms with Gasteiger partial charge >= 0.3 is 0 Å². The number of rotatable bonds is 3. The third-order valence-corrected chi connectivity index (χ3v) is 2.18. The normalized spacial score (nSPS) is 15.8. The van der Waals surface area contributed by atoms with Crippen molar-refractivity contribution in [3.8, 4) is 0 Å². The van der Waals surface area contributed by atoms with Gasteiger partial charge in [0.05, 0.1) is 0 Å². The lowest BCUT2D eigenvalue weighted by Gasteiger charge is -2.05. The lowest BCUT2D eigenvalue weighted by molar-refractivity contribution is 0.955. The average Bonchev–Trinajstić information content (AvgIpc) is 2.87. The summed E-state index contributed by atoms with van der Waals surface area (Å²) in [6.07, 6.45) is 3.50. The molecule has 13 heavy (non-hydrogen) atoms. The van der Waals surface area contributed by atoms with Gasteiger partial charge in [0.2, 0.25) is 5.95 Å². The molecule has 0 spiro atoms. The molecule has 0 atom stereocenters. The fraction of sp³-hybridized carbons (Fsp3) is 0.600. The summed E-state index contributed by atoms with van der Waals surface area (Å²) in [5.74, 6) is 0.805. The van der Waals surface area contributed by atoms with Gasteiger partial charge in [-0.3, -0.25) is 0 Å². The minimum Gasteiger partial charge on any atom is -0.351 e. The van der Waals surface area contributed by atoms with Crippen LogP contribution in [0.2, 0.25) is 0 Å². The smallest absolute Gasteiger partial charge is 0.223 e. The number of aromatic nitrogens is 2. The van der Waals surface area contributed by atoms with E-state index in [0.717, 1.165) is 23.8 Å². The predicted molar refractivity (Wildman–Crippen MR) is 52.8 cm³/mol. The molecule has 0 unspecified atom stereocenters. The molecule has 0 aliphatic heterocycles. The van der Waals surface area contributed by atoms with Gasteiger partial charge in [-0.15, -0.1) is 0 Å². The van der Waals surface area contributed by atoms with E-state index in [2.05, 4.69) is 22.2 Å². The molecular formula is C10H15N3. The Bertz CT molecular complexity index is 305. The van der Waals surface area contributed by atoms with E-state index in [0.29, 0.717) is 6.04 Å². The Hall–Kier alpha value is -1.12. The Balaban J connectivity index is 2.17. The Morgan fingerprint density at radius 2 is 2.23 bits per heavy atom. The first-order valence-corrected chi connectivity index (χ1v) is 4.89. The quantitative estimate of drug-likeness (QED) is 0.766. The van der Waals surface area contributed by atoms with E-state index in [1.165, 1.54) is 12.8 Å². The molecule has 1 N–H and O–H groups in total. The molecule has 0 saturated heterocycles. The van der Waals surface area contributed by atoms with Crippen LogP contribution in [0.1, 0.15) is 31.2 Å². The monoisotopic (exact) mass is 177 g/mol. The van der Waals surface area contributed by atoms with E-state index < -0.39 is 0 Å². The van der Waals surface area contributed by atoms with E-state index >= 15 is 0 Å². The van der Waals surface area contributed by atoms with Crippen molar-refractivity contribution in [1.82, 2.24) is 9.97 Å². The van der Waals surface area contributed by atoms with E-state index in [-0.39, 0.29) is 0 Å². The van der Waals surface area contributed by atoms with E-state index in [1.807, 2.05) is 13.0 Å². The second kappa shape index (κ2) is 3.32. The molecular weight excluding hydrogens is 162 g/mol. The van der Waals surface area contributed by atoms with Crippen LogP contribution in [-0.4, -0.2) is 16.0 Å². The third-order valence-electron chi connectivity index (χ3n) is 2.18. The molecule has 1 fully saturated rings. The molecule has 1 aromatic rings. The van der Waals surface area contributed by atoms with Gasteiger partial charge in [-0.1, -0.05) is 6.92 Å². The van der Waals surface area contributed by atoms with Crippen molar-refractivity contribution < 1.29 is 0 Å². The molecule has 0 amide bonds. The fourth-order valence-corrected chi connectivity index (χ4v) is 1.29. The molecule has 1 heterocycles. The van der Waals surface area contributed by atoms with Crippen LogP contribution in [-0.2, 0) is 6.42 Å². The van der Waals surface area contributed by atoms with E-state index in [4.69, 9.17) is 0 Å². The van der Waals surface area contributed by atoms with Crippen molar-refractivity contribution in [2.75, 3.05) is 5.32 Å². The minimum atomic E-state index is 0.631. The number of aryl methyl sites for hydroxylation is 2. The Labute approximate surface area is 78.6 Å². The second-order valence-corrected chi connectivity index (χ2v) is 3.60. The van der Waals surface area contributed by atoms with Crippen molar-refractivity contribution in [2.45, 2.75) is 39.2 Å². The maximum atomic E-state index is 4.41. The van der Waals surface area contributed by atoms with Crippen molar-refractivity contribution in [2.24, 2.45) is 0 Å². The molecule has 0 bridgehead atoms. The predicted octanol–water partition coefficient (Wildman–Crippen LogP) is 1.92. The summed E-state index contributed by atoms with van der Waals surface area (Å²) in [5.41, 5.74) is 2.17. The lowest BCUT2D eigenvalue weighted by atomic mass is 10.3. The number of anilines is 1. The molecule has 1 saturated carbocycles. The van der Waals surface area contributed by atoms with Gasteiger partial charge in [0.25, 0.3) is 0 Å². The molecule has 1 aliphatic carbocycles. The molecule has 1 aliphatic rings. The molecule has 3 heteroatoms. The first-order chi connectivity index (χ1) is 6.28. The lowest BCUT2D eigenvalue weighted by Crippen LogP contribution is -2.07. The molecule has 3 nitrogen and oxygen atoms in total. The topological polar surface area (TPSA) is 37.8 Å². The molecule has 1 aromatic heterocycles. The second-order valence-electron chi connectivity index (χ2n) is 3.60. The summed E-state index contributed by atoms with van der Waals surface area (Å²) in [5, 5.41) is 3.31. The van der Waals surface area contributed by atoms with Gasteiger partial charge in [-0.2, -0.15) is 0 Å². The van der Waals surface area contributed by atoms with E-state index in [9.17, 15) is 0 Å². The van der Waals surface area contributed by atoms with Crippen LogP contribution in [0.15, 0.2) is 6.07 Å². The van der Waals surface area contributed by atoms with Gasteiger partial charge in [0.15, 0.2) is 0 Å². The Kier molecular flexibility index (Phi) is 2.17. The van der Waals surface area contributed by atoms with Gasteiger partial charge < -0.3 is 5.32 Å². The molecule has 2 rings (SSSR count). The summed E-state index contributed by atoms with van der Waals surface area (Å²) in [7, 11) is 0. The summed E-state index contributed by atoms with van der Waals surface area (Å²) in [6.45, 7) is 4.13. The van der Waals surface area contributed by atoms with Crippen molar-refractivity contribution in [1.29, 1.82) is 0 Å². The van der Waals surface area contributed by atoms with Crippen molar-refractivity contribution in [3.05, 3.63) is 17.5 Å². The highest BCUT2D eigenvalue weighted by Crippen LogP contribution is 2.22. The highest BCUT2D eigenvalue weighted by Gasteiger charge is 2.21. The van der Waals surface area contributed by atoms with Crippen LogP contribution < -0.4 is 5.32 Å². The number of nitrogens with zero attached hydrogens (tertiary/aromatic N) is 2. The summed E-state index contributed by atoms with van der Waals surface area (Å²) in [4.78, 5) is 8.75. The number of hydrogen-bond donors (Lipinski definition) is 1. The van der Waals surface area contributed by atoms with Crippen LogP contribution in [0.25, 0.3) is 0 Å². The largest absolute Gasteiger partial charge is 0.351 e. The zero-order chi connectivity index (χ0) is 9.26. The highest BCUT2D eigenvalue weighted by molar-refractivity contribution is 5.31. The van der Waals surface area contributed by atoms with E-state index in [1.54, 1.807) is 0 Å². The zero-order valence-corrected chi connectivity index (χ0v) is 8.17. The van der Waals surface area contributed by atoms with Crippen LogP contribution in [0.5, 0.6) is 0 Å². The van der Waals surface area contributed by atoms with Gasteiger partial charge in [0.1, 0.15) is 0 Å². The van der Waals surface area contributed by atoms with Gasteiger partial charge in [-0.25, -0.2) is 9.97 Å². The van der Waals surface area contributed by atoms with Gasteiger partial charge in [-0.05, 0) is 32.3 Å². The average molecular weight is 177 g/mol. The maximum absolute atomic E-state index is 4.41. The zero-order valence-electron chi connectivity index (χ0n) is 8.17. The first-order valence-electron chi connectivity index (χ1n) is 4.89. The minimum absolute atomic E-state index is 0.631. The van der Waals surface area contributed by atoms with Crippen LogP contribution >= 0.6 is 0 Å².